The average molecular weight is 404 g/mol. The van der Waals surface area contributed by atoms with Gasteiger partial charge in [0.05, 0.1) is 42.5 Å². The number of ether oxygens (including phenoxy) is 2. The van der Waals surface area contributed by atoms with Crippen molar-refractivity contribution in [3.8, 4) is 5.75 Å². The van der Waals surface area contributed by atoms with Crippen molar-refractivity contribution < 1.29 is 23.1 Å². The molecule has 0 unspecified atom stereocenters. The largest absolute Gasteiger partial charge is 0.476 e. The molecule has 0 amide bonds. The van der Waals surface area contributed by atoms with E-state index in [4.69, 9.17) is 25.2 Å². The summed E-state index contributed by atoms with van der Waals surface area (Å²) in [5.74, 6) is 0.802. The predicted molar refractivity (Wildman–Crippen MR) is 101 cm³/mol. The van der Waals surface area contributed by atoms with Gasteiger partial charge in [0.25, 0.3) is 0 Å². The second kappa shape index (κ2) is 7.33. The highest BCUT2D eigenvalue weighted by atomic mass is 35.5. The Morgan fingerprint density at radius 3 is 2.93 bits per heavy atom. The topological polar surface area (TPSA) is 82.1 Å². The van der Waals surface area contributed by atoms with E-state index in [1.807, 2.05) is 17.0 Å². The number of fused-ring (bicyclic) bond motifs is 3. The van der Waals surface area contributed by atoms with Gasteiger partial charge in [-0.25, -0.2) is 4.79 Å². The monoisotopic (exact) mass is 403 g/mol. The van der Waals surface area contributed by atoms with Gasteiger partial charge in [-0.3, -0.25) is 9.69 Å². The number of esters is 1. The molecule has 0 radical (unpaired) electrons. The lowest BCUT2D eigenvalue weighted by atomic mass is 10.00. The molecule has 28 heavy (non-hydrogen) atoms. The van der Waals surface area contributed by atoms with Gasteiger partial charge in [0.1, 0.15) is 23.8 Å². The maximum Gasteiger partial charge on any atom is 0.340 e. The van der Waals surface area contributed by atoms with E-state index < -0.39 is 11.6 Å². The second-order valence-electron chi connectivity index (χ2n) is 6.63. The number of furan rings is 1. The summed E-state index contributed by atoms with van der Waals surface area (Å²) in [6.45, 7) is 3.13. The Kier molecular flexibility index (Phi) is 4.87. The van der Waals surface area contributed by atoms with Crippen molar-refractivity contribution in [1.29, 1.82) is 0 Å². The van der Waals surface area contributed by atoms with Gasteiger partial charge in [-0.2, -0.15) is 0 Å². The summed E-state index contributed by atoms with van der Waals surface area (Å²) in [6.07, 6.45) is 1.46. The van der Waals surface area contributed by atoms with E-state index in [9.17, 15) is 9.59 Å². The number of rotatable bonds is 4. The van der Waals surface area contributed by atoms with Crippen LogP contribution >= 0.6 is 11.6 Å². The minimum absolute atomic E-state index is 0.156. The molecule has 1 aliphatic heterocycles. The highest BCUT2D eigenvalue weighted by Gasteiger charge is 2.27. The van der Waals surface area contributed by atoms with Crippen LogP contribution in [0, 0.1) is 6.92 Å². The van der Waals surface area contributed by atoms with E-state index >= 15 is 0 Å². The van der Waals surface area contributed by atoms with Crippen molar-refractivity contribution in [2.45, 2.75) is 26.4 Å². The van der Waals surface area contributed by atoms with Gasteiger partial charge in [0, 0.05) is 11.9 Å². The number of aryl methyl sites for hydroxylation is 1. The van der Waals surface area contributed by atoms with Crippen molar-refractivity contribution in [2.24, 2.45) is 0 Å². The SMILES string of the molecule is COC(=O)Cc1c(C)c2cc(Cl)c3c(c2oc1=O)CN(Cc1ccco1)CO3. The molecule has 0 saturated heterocycles. The van der Waals surface area contributed by atoms with Crippen molar-refractivity contribution in [3.63, 3.8) is 0 Å². The summed E-state index contributed by atoms with van der Waals surface area (Å²) in [6, 6.07) is 5.41. The van der Waals surface area contributed by atoms with Crippen LogP contribution in [-0.2, 0) is 29.0 Å². The average Bonchev–Trinajstić information content (AvgIpc) is 3.19. The number of hydrogen-bond donors (Lipinski definition) is 0. The minimum Gasteiger partial charge on any atom is -0.476 e. The van der Waals surface area contributed by atoms with Crippen LogP contribution in [0.25, 0.3) is 11.0 Å². The minimum atomic E-state index is -0.567. The summed E-state index contributed by atoms with van der Waals surface area (Å²) >= 11 is 6.44. The lowest BCUT2D eigenvalue weighted by molar-refractivity contribution is -0.139. The molecule has 7 nitrogen and oxygen atoms in total. The van der Waals surface area contributed by atoms with Crippen LogP contribution < -0.4 is 10.4 Å². The molecular formula is C20H18ClNO6. The molecule has 1 aromatic carbocycles. The standard InChI is InChI=1S/C20H18ClNO6/c1-11-13-6-16(21)19-15(9-22(10-27-19)8-12-4-3-5-26-12)18(13)28-20(24)14(11)7-17(23)25-2/h3-6H,7-10H2,1-2H3. The molecule has 146 valence electrons. The molecule has 0 bridgehead atoms. The van der Waals surface area contributed by atoms with Gasteiger partial charge in [0.2, 0.25) is 0 Å². The fourth-order valence-corrected chi connectivity index (χ4v) is 3.68. The van der Waals surface area contributed by atoms with E-state index in [1.54, 1.807) is 19.3 Å². The number of hydrogen-bond acceptors (Lipinski definition) is 7. The van der Waals surface area contributed by atoms with Crippen LogP contribution in [0.2, 0.25) is 5.02 Å². The fraction of sp³-hybridized carbons (Fsp3) is 0.300. The molecule has 2 aromatic heterocycles. The van der Waals surface area contributed by atoms with Gasteiger partial charge < -0.3 is 18.3 Å². The quantitative estimate of drug-likeness (QED) is 0.487. The van der Waals surface area contributed by atoms with Gasteiger partial charge in [-0.15, -0.1) is 0 Å². The summed E-state index contributed by atoms with van der Waals surface area (Å²) < 4.78 is 21.5. The van der Waals surface area contributed by atoms with E-state index in [0.29, 0.717) is 52.7 Å². The van der Waals surface area contributed by atoms with Crippen LogP contribution in [0.4, 0.5) is 0 Å². The Hall–Kier alpha value is -2.77. The first-order valence-electron chi connectivity index (χ1n) is 8.70. The van der Waals surface area contributed by atoms with Crippen LogP contribution in [0.15, 0.2) is 38.1 Å². The normalized spacial score (nSPS) is 14.0. The van der Waals surface area contributed by atoms with Crippen LogP contribution in [0.5, 0.6) is 5.75 Å². The number of carbonyl (C=O) groups excluding carboxylic acids is 1. The number of halogens is 1. The van der Waals surface area contributed by atoms with E-state index in [1.165, 1.54) is 7.11 Å². The number of benzene rings is 1. The zero-order valence-corrected chi connectivity index (χ0v) is 16.2. The lowest BCUT2D eigenvalue weighted by Gasteiger charge is -2.29. The Labute approximate surface area is 165 Å². The molecule has 0 saturated carbocycles. The number of carbonyl (C=O) groups is 1. The first-order chi connectivity index (χ1) is 13.5. The zero-order valence-electron chi connectivity index (χ0n) is 15.4. The third-order valence-electron chi connectivity index (χ3n) is 4.86. The Balaban J connectivity index is 1.79. The molecule has 4 rings (SSSR count). The van der Waals surface area contributed by atoms with Crippen LogP contribution in [-0.4, -0.2) is 24.7 Å². The summed E-state index contributed by atoms with van der Waals surface area (Å²) in [5, 5.41) is 1.10. The molecule has 3 heterocycles. The zero-order chi connectivity index (χ0) is 19.8. The summed E-state index contributed by atoms with van der Waals surface area (Å²) in [7, 11) is 1.28. The Bertz CT molecular complexity index is 1100. The maximum absolute atomic E-state index is 12.5. The molecule has 0 aliphatic carbocycles. The highest BCUT2D eigenvalue weighted by Crippen LogP contribution is 2.40. The smallest absolute Gasteiger partial charge is 0.340 e. The first kappa shape index (κ1) is 18.6. The third kappa shape index (κ3) is 3.27. The third-order valence-corrected chi connectivity index (χ3v) is 5.14. The van der Waals surface area contributed by atoms with Crippen molar-refractivity contribution in [2.75, 3.05) is 13.8 Å². The van der Waals surface area contributed by atoms with Gasteiger partial charge >= 0.3 is 11.6 Å². The highest BCUT2D eigenvalue weighted by molar-refractivity contribution is 6.33. The molecule has 8 heteroatoms. The van der Waals surface area contributed by atoms with E-state index in [-0.39, 0.29) is 12.0 Å². The van der Waals surface area contributed by atoms with Crippen molar-refractivity contribution in [1.82, 2.24) is 4.90 Å². The number of methoxy groups -OCH3 is 1. The molecule has 0 N–H and O–H groups in total. The summed E-state index contributed by atoms with van der Waals surface area (Å²) in [4.78, 5) is 26.2. The first-order valence-corrected chi connectivity index (χ1v) is 9.07. The molecule has 0 spiro atoms. The maximum atomic E-state index is 12.5. The van der Waals surface area contributed by atoms with Crippen LogP contribution in [0.1, 0.15) is 22.5 Å². The van der Waals surface area contributed by atoms with Gasteiger partial charge in [-0.05, 0) is 30.7 Å². The van der Waals surface area contributed by atoms with Crippen LogP contribution in [0.3, 0.4) is 0 Å². The van der Waals surface area contributed by atoms with Crippen molar-refractivity contribution in [3.05, 3.63) is 62.4 Å². The molecule has 1 aliphatic rings. The fourth-order valence-electron chi connectivity index (χ4n) is 3.40. The molecular weight excluding hydrogens is 386 g/mol. The summed E-state index contributed by atoms with van der Waals surface area (Å²) in [5.41, 5.74) is 1.46. The van der Waals surface area contributed by atoms with Gasteiger partial charge in [-0.1, -0.05) is 11.6 Å². The lowest BCUT2D eigenvalue weighted by Crippen LogP contribution is -2.32. The molecule has 3 aromatic rings. The van der Waals surface area contributed by atoms with E-state index in [2.05, 4.69) is 4.74 Å². The number of nitrogens with zero attached hydrogens (tertiary/aromatic N) is 1. The van der Waals surface area contributed by atoms with E-state index in [0.717, 1.165) is 5.76 Å². The molecule has 0 fully saturated rings. The second-order valence-corrected chi connectivity index (χ2v) is 7.04. The Morgan fingerprint density at radius 2 is 2.21 bits per heavy atom. The predicted octanol–water partition coefficient (Wildman–Crippen LogP) is 3.42. The Morgan fingerprint density at radius 1 is 1.39 bits per heavy atom. The van der Waals surface area contributed by atoms with Gasteiger partial charge in [0.15, 0.2) is 0 Å². The van der Waals surface area contributed by atoms with Crippen molar-refractivity contribution >= 4 is 28.5 Å². The molecule has 0 atom stereocenters.